The van der Waals surface area contributed by atoms with Crippen LogP contribution in [0.25, 0.3) is 77.2 Å². The van der Waals surface area contributed by atoms with E-state index in [0.29, 0.717) is 0 Å². The molecule has 0 radical (unpaired) electrons. The van der Waals surface area contributed by atoms with Crippen molar-refractivity contribution in [3.05, 3.63) is 212 Å². The molecule has 2 heteroatoms. The van der Waals surface area contributed by atoms with Crippen LogP contribution < -0.4 is 4.90 Å². The molecule has 254 valence electrons. The Morgan fingerprint density at radius 2 is 0.778 bits per heavy atom. The maximum Gasteiger partial charge on any atom is 0.137 e. The molecule has 0 aliphatic heterocycles. The fourth-order valence-electron chi connectivity index (χ4n) is 7.81. The number of rotatable bonds is 7. The molecule has 0 unspecified atom stereocenters. The summed E-state index contributed by atoms with van der Waals surface area (Å²) in [6.07, 6.45) is 0. The van der Waals surface area contributed by atoms with E-state index in [1.165, 1.54) is 49.7 Å². The van der Waals surface area contributed by atoms with E-state index in [9.17, 15) is 0 Å². The molecule has 0 aliphatic carbocycles. The first-order valence-corrected chi connectivity index (χ1v) is 18.4. The first-order valence-electron chi connectivity index (χ1n) is 18.4. The zero-order valence-electron chi connectivity index (χ0n) is 29.6. The molecule has 0 N–H and O–H groups in total. The van der Waals surface area contributed by atoms with Crippen LogP contribution in [-0.4, -0.2) is 0 Å². The molecular formula is C52H35NO. The number of nitrogens with zero attached hydrogens (tertiary/aromatic N) is 1. The second-order valence-corrected chi connectivity index (χ2v) is 13.7. The Balaban J connectivity index is 1.09. The van der Waals surface area contributed by atoms with Crippen LogP contribution >= 0.6 is 0 Å². The highest BCUT2D eigenvalue weighted by molar-refractivity contribution is 6.07. The number of furan rings is 1. The summed E-state index contributed by atoms with van der Waals surface area (Å²) in [5.41, 5.74) is 14.5. The Bertz CT molecular complexity index is 2890. The molecule has 10 rings (SSSR count). The summed E-state index contributed by atoms with van der Waals surface area (Å²) in [4.78, 5) is 2.32. The highest BCUT2D eigenvalue weighted by Crippen LogP contribution is 2.42. The van der Waals surface area contributed by atoms with Crippen molar-refractivity contribution in [2.24, 2.45) is 0 Å². The van der Waals surface area contributed by atoms with E-state index in [4.69, 9.17) is 4.42 Å². The van der Waals surface area contributed by atoms with E-state index in [0.717, 1.165) is 44.6 Å². The lowest BCUT2D eigenvalue weighted by atomic mass is 9.90. The second-order valence-electron chi connectivity index (χ2n) is 13.7. The topological polar surface area (TPSA) is 16.4 Å². The van der Waals surface area contributed by atoms with Crippen molar-refractivity contribution in [1.82, 2.24) is 0 Å². The Hall–Kier alpha value is -7.16. The zero-order valence-corrected chi connectivity index (χ0v) is 29.6. The van der Waals surface area contributed by atoms with Gasteiger partial charge in [-0.15, -0.1) is 0 Å². The van der Waals surface area contributed by atoms with Crippen LogP contribution in [0, 0.1) is 0 Å². The summed E-state index contributed by atoms with van der Waals surface area (Å²) in [5.74, 6) is 0. The van der Waals surface area contributed by atoms with Crippen molar-refractivity contribution in [2.45, 2.75) is 0 Å². The van der Waals surface area contributed by atoms with Gasteiger partial charge in [-0.05, 0) is 104 Å². The van der Waals surface area contributed by atoms with E-state index in [1.807, 2.05) is 6.07 Å². The van der Waals surface area contributed by atoms with Crippen molar-refractivity contribution in [3.63, 3.8) is 0 Å². The van der Waals surface area contributed by atoms with Crippen LogP contribution in [0.4, 0.5) is 17.1 Å². The molecule has 54 heavy (non-hydrogen) atoms. The smallest absolute Gasteiger partial charge is 0.137 e. The van der Waals surface area contributed by atoms with Crippen LogP contribution in [0.2, 0.25) is 0 Å². The Morgan fingerprint density at radius 3 is 1.44 bits per heavy atom. The van der Waals surface area contributed by atoms with Crippen LogP contribution in [0.15, 0.2) is 217 Å². The van der Waals surface area contributed by atoms with Crippen molar-refractivity contribution in [2.75, 3.05) is 4.90 Å². The third kappa shape index (κ3) is 5.71. The van der Waals surface area contributed by atoms with Gasteiger partial charge in [0.2, 0.25) is 0 Å². The molecule has 0 saturated heterocycles. The lowest BCUT2D eigenvalue weighted by Crippen LogP contribution is -2.09. The Labute approximate surface area is 314 Å². The van der Waals surface area contributed by atoms with E-state index < -0.39 is 0 Å². The minimum atomic E-state index is 0.860. The van der Waals surface area contributed by atoms with Gasteiger partial charge in [0.05, 0.1) is 0 Å². The molecule has 0 bridgehead atoms. The molecule has 1 aromatic heterocycles. The minimum Gasteiger partial charge on any atom is -0.456 e. The van der Waals surface area contributed by atoms with Gasteiger partial charge < -0.3 is 9.32 Å². The van der Waals surface area contributed by atoms with Crippen molar-refractivity contribution in [3.8, 4) is 44.5 Å². The minimum absolute atomic E-state index is 0.860. The summed E-state index contributed by atoms with van der Waals surface area (Å²) >= 11 is 0. The first kappa shape index (κ1) is 31.6. The van der Waals surface area contributed by atoms with Gasteiger partial charge in [-0.1, -0.05) is 158 Å². The lowest BCUT2D eigenvalue weighted by Gasteiger charge is -2.26. The third-order valence-corrected chi connectivity index (χ3v) is 10.5. The molecule has 0 spiro atoms. The van der Waals surface area contributed by atoms with E-state index >= 15 is 0 Å². The zero-order chi connectivity index (χ0) is 35.8. The number of hydrogen-bond acceptors (Lipinski definition) is 2. The van der Waals surface area contributed by atoms with Gasteiger partial charge in [0.1, 0.15) is 11.2 Å². The average molecular weight is 690 g/mol. The molecule has 0 fully saturated rings. The Morgan fingerprint density at radius 1 is 0.296 bits per heavy atom. The average Bonchev–Trinajstić information content (AvgIpc) is 3.62. The van der Waals surface area contributed by atoms with Gasteiger partial charge in [-0.2, -0.15) is 0 Å². The monoisotopic (exact) mass is 689 g/mol. The number of hydrogen-bond donors (Lipinski definition) is 0. The highest BCUT2D eigenvalue weighted by atomic mass is 16.3. The van der Waals surface area contributed by atoms with Crippen LogP contribution in [0.3, 0.4) is 0 Å². The maximum atomic E-state index is 6.59. The predicted molar refractivity (Wildman–Crippen MR) is 228 cm³/mol. The molecule has 9 aromatic carbocycles. The largest absolute Gasteiger partial charge is 0.456 e. The standard InChI is InChI=1S/C52H35NO/c1-4-12-36(13-5-1)38-20-26-43(27-21-38)53(45-30-33-49-48-32-25-42(37-14-6-2-7-15-37)34-50(48)54-51(49)35-45)44-28-22-40(23-29-44)47-31-24-39-16-10-11-19-46(39)52(47)41-17-8-3-9-18-41/h1-35H. The fourth-order valence-corrected chi connectivity index (χ4v) is 7.81. The summed E-state index contributed by atoms with van der Waals surface area (Å²) in [6, 6.07) is 75.8. The van der Waals surface area contributed by atoms with E-state index in [-0.39, 0.29) is 0 Å². The van der Waals surface area contributed by atoms with Crippen LogP contribution in [0.1, 0.15) is 0 Å². The fraction of sp³-hybridized carbons (Fsp3) is 0. The molecule has 0 amide bonds. The van der Waals surface area contributed by atoms with Gasteiger partial charge in [0.25, 0.3) is 0 Å². The van der Waals surface area contributed by atoms with Crippen LogP contribution in [-0.2, 0) is 0 Å². The Kier molecular flexibility index (Phi) is 7.85. The lowest BCUT2D eigenvalue weighted by molar-refractivity contribution is 0.669. The molecule has 1 heterocycles. The first-order chi connectivity index (χ1) is 26.8. The van der Waals surface area contributed by atoms with Gasteiger partial charge in [0, 0.05) is 33.9 Å². The molecule has 0 aliphatic rings. The summed E-state index contributed by atoms with van der Waals surface area (Å²) < 4.78 is 6.59. The van der Waals surface area contributed by atoms with Gasteiger partial charge in [-0.25, -0.2) is 0 Å². The van der Waals surface area contributed by atoms with E-state index in [2.05, 4.69) is 211 Å². The summed E-state index contributed by atoms with van der Waals surface area (Å²) in [5, 5.41) is 4.70. The number of benzene rings is 9. The van der Waals surface area contributed by atoms with Crippen molar-refractivity contribution >= 4 is 49.8 Å². The third-order valence-electron chi connectivity index (χ3n) is 10.5. The predicted octanol–water partition coefficient (Wildman–Crippen LogP) is 14.9. The van der Waals surface area contributed by atoms with Crippen molar-refractivity contribution < 1.29 is 4.42 Å². The number of anilines is 3. The molecular weight excluding hydrogens is 655 g/mol. The van der Waals surface area contributed by atoms with Crippen LogP contribution in [0.5, 0.6) is 0 Å². The number of fused-ring (bicyclic) bond motifs is 4. The normalized spacial score (nSPS) is 11.3. The molecule has 2 nitrogen and oxygen atoms in total. The molecule has 0 saturated carbocycles. The SMILES string of the molecule is c1ccc(-c2ccc(N(c3ccc(-c4ccc5ccccc5c4-c4ccccc4)cc3)c3ccc4c(c3)oc3cc(-c5ccccc5)ccc34)cc2)cc1. The maximum absolute atomic E-state index is 6.59. The van der Waals surface area contributed by atoms with Gasteiger partial charge in [-0.3, -0.25) is 0 Å². The molecule has 0 atom stereocenters. The van der Waals surface area contributed by atoms with Crippen molar-refractivity contribution in [1.29, 1.82) is 0 Å². The highest BCUT2D eigenvalue weighted by Gasteiger charge is 2.18. The summed E-state index contributed by atoms with van der Waals surface area (Å²) in [6.45, 7) is 0. The van der Waals surface area contributed by atoms with Gasteiger partial charge >= 0.3 is 0 Å². The summed E-state index contributed by atoms with van der Waals surface area (Å²) in [7, 11) is 0. The quantitative estimate of drug-likeness (QED) is 0.166. The van der Waals surface area contributed by atoms with Gasteiger partial charge in [0.15, 0.2) is 0 Å². The molecule has 10 aromatic rings. The second kappa shape index (κ2) is 13.4. The van der Waals surface area contributed by atoms with E-state index in [1.54, 1.807) is 0 Å².